The highest BCUT2D eigenvalue weighted by Crippen LogP contribution is 2.41. The maximum Gasteiger partial charge on any atom is 0.343 e. The monoisotopic (exact) mass is 400 g/mol. The Morgan fingerprint density at radius 2 is 1.46 bits per heavy atom. The molecule has 0 aliphatic carbocycles. The smallest absolute Gasteiger partial charge is 0.343 e. The Kier molecular flexibility index (Phi) is 4.49. The normalized spacial score (nSPS) is 11.0. The molecule has 0 bridgehead atoms. The summed E-state index contributed by atoms with van der Waals surface area (Å²) in [7, 11) is 0. The molecular weight excluding hydrogens is 391 g/mol. The van der Waals surface area contributed by atoms with E-state index in [9.17, 15) is 4.79 Å². The second-order valence-corrected chi connectivity index (χ2v) is 7.03. The molecule has 0 spiro atoms. The Morgan fingerprint density at radius 3 is 2.23 bits per heavy atom. The number of hydrogen-bond acceptors (Lipinski definition) is 2. The number of carbonyl (C=O) groups excluding carboxylic acids is 1. The molecule has 0 aliphatic rings. The highest BCUT2D eigenvalue weighted by atomic mass is 35.5. The van der Waals surface area contributed by atoms with Crippen LogP contribution in [0, 0.1) is 0 Å². The summed E-state index contributed by atoms with van der Waals surface area (Å²) in [4.78, 5) is 12.7. The largest absolute Gasteiger partial charge is 0.422 e. The topological polar surface area (TPSA) is 26.3 Å². The predicted octanol–water partition coefficient (Wildman–Crippen LogP) is 7.17. The van der Waals surface area contributed by atoms with Gasteiger partial charge in [0.05, 0.1) is 10.6 Å². The lowest BCUT2D eigenvalue weighted by Gasteiger charge is -2.14. The third-order valence-electron chi connectivity index (χ3n) is 4.14. The van der Waals surface area contributed by atoms with Gasteiger partial charge in [0, 0.05) is 26.2 Å². The quantitative estimate of drug-likeness (QED) is 0.202. The van der Waals surface area contributed by atoms with Crippen LogP contribution in [0.4, 0.5) is 0 Å². The lowest BCUT2D eigenvalue weighted by molar-refractivity contribution is 0.0739. The van der Waals surface area contributed by atoms with Gasteiger partial charge in [-0.25, -0.2) is 4.79 Å². The molecule has 26 heavy (non-hydrogen) atoms. The van der Waals surface area contributed by atoms with E-state index in [1.54, 1.807) is 36.4 Å². The van der Waals surface area contributed by atoms with E-state index < -0.39 is 5.97 Å². The molecule has 0 fully saturated rings. The number of esters is 1. The molecule has 0 aromatic heterocycles. The average Bonchev–Trinajstić information content (AvgIpc) is 2.63. The van der Waals surface area contributed by atoms with E-state index in [1.165, 1.54) is 0 Å². The maximum absolute atomic E-state index is 12.7. The standard InChI is InChI=1S/C21H11Cl3O2/c22-14-9-7-12(8-10-14)21(25)26-20-15-4-2-5-17(23)16(15)11-13-3-1-6-18(24)19(13)20/h1-11H. The van der Waals surface area contributed by atoms with Crippen LogP contribution in [-0.4, -0.2) is 5.97 Å². The molecule has 4 aromatic carbocycles. The number of rotatable bonds is 2. The second kappa shape index (κ2) is 6.81. The van der Waals surface area contributed by atoms with E-state index in [0.717, 1.165) is 16.2 Å². The van der Waals surface area contributed by atoms with Crippen molar-refractivity contribution < 1.29 is 9.53 Å². The second-order valence-electron chi connectivity index (χ2n) is 5.78. The predicted molar refractivity (Wildman–Crippen MR) is 108 cm³/mol. The van der Waals surface area contributed by atoms with Crippen molar-refractivity contribution in [2.75, 3.05) is 0 Å². The lowest BCUT2D eigenvalue weighted by Crippen LogP contribution is -2.09. The van der Waals surface area contributed by atoms with Crippen LogP contribution in [0.25, 0.3) is 21.5 Å². The number of fused-ring (bicyclic) bond motifs is 2. The van der Waals surface area contributed by atoms with Crippen LogP contribution >= 0.6 is 34.8 Å². The third kappa shape index (κ3) is 3.01. The van der Waals surface area contributed by atoms with Gasteiger partial charge in [0.2, 0.25) is 0 Å². The van der Waals surface area contributed by atoms with Crippen molar-refractivity contribution in [1.29, 1.82) is 0 Å². The highest BCUT2D eigenvalue weighted by Gasteiger charge is 2.17. The number of halogens is 3. The molecule has 2 nitrogen and oxygen atoms in total. The first-order chi connectivity index (χ1) is 12.5. The minimum Gasteiger partial charge on any atom is -0.422 e. The summed E-state index contributed by atoms with van der Waals surface area (Å²) >= 11 is 18.6. The SMILES string of the molecule is O=C(Oc1c2cccc(Cl)c2cc2cccc(Cl)c12)c1ccc(Cl)cc1. The van der Waals surface area contributed by atoms with Crippen molar-refractivity contribution in [3.05, 3.63) is 87.4 Å². The van der Waals surface area contributed by atoms with Gasteiger partial charge >= 0.3 is 5.97 Å². The van der Waals surface area contributed by atoms with Gasteiger partial charge in [-0.15, -0.1) is 0 Å². The summed E-state index contributed by atoms with van der Waals surface area (Å²) < 4.78 is 5.78. The summed E-state index contributed by atoms with van der Waals surface area (Å²) in [6.45, 7) is 0. The first-order valence-corrected chi connectivity index (χ1v) is 8.95. The van der Waals surface area contributed by atoms with E-state index >= 15 is 0 Å². The first-order valence-electron chi connectivity index (χ1n) is 7.82. The Balaban J connectivity index is 1.95. The molecule has 0 saturated carbocycles. The average molecular weight is 402 g/mol. The van der Waals surface area contributed by atoms with E-state index in [2.05, 4.69) is 0 Å². The fraction of sp³-hybridized carbons (Fsp3) is 0. The van der Waals surface area contributed by atoms with Crippen molar-refractivity contribution in [2.24, 2.45) is 0 Å². The van der Waals surface area contributed by atoms with Crippen molar-refractivity contribution in [1.82, 2.24) is 0 Å². The number of ether oxygens (including phenoxy) is 1. The zero-order chi connectivity index (χ0) is 18.3. The van der Waals surface area contributed by atoms with Crippen LogP contribution < -0.4 is 4.74 Å². The van der Waals surface area contributed by atoms with E-state index in [-0.39, 0.29) is 0 Å². The summed E-state index contributed by atoms with van der Waals surface area (Å²) in [5.74, 6) is -0.0964. The van der Waals surface area contributed by atoms with Crippen LogP contribution in [0.2, 0.25) is 15.1 Å². The van der Waals surface area contributed by atoms with Gasteiger partial charge in [-0.3, -0.25) is 0 Å². The molecule has 0 unspecified atom stereocenters. The van der Waals surface area contributed by atoms with E-state index in [4.69, 9.17) is 39.5 Å². The van der Waals surface area contributed by atoms with Crippen LogP contribution in [0.15, 0.2) is 66.7 Å². The zero-order valence-electron chi connectivity index (χ0n) is 13.3. The van der Waals surface area contributed by atoms with Crippen LogP contribution in [-0.2, 0) is 0 Å². The van der Waals surface area contributed by atoms with Gasteiger partial charge < -0.3 is 4.74 Å². The Morgan fingerprint density at radius 1 is 0.769 bits per heavy atom. The molecule has 4 aromatic rings. The summed E-state index contributed by atoms with van der Waals surface area (Å²) in [5.41, 5.74) is 0.397. The Labute approximate surface area is 164 Å². The number of hydrogen-bond donors (Lipinski definition) is 0. The first kappa shape index (κ1) is 17.2. The fourth-order valence-electron chi connectivity index (χ4n) is 2.92. The molecule has 0 radical (unpaired) electrons. The molecule has 4 rings (SSSR count). The van der Waals surface area contributed by atoms with E-state index in [1.807, 2.05) is 30.3 Å². The molecule has 0 N–H and O–H groups in total. The summed E-state index contributed by atoms with van der Waals surface area (Å²) in [6, 6.07) is 19.4. The Bertz CT molecular complexity index is 1150. The van der Waals surface area contributed by atoms with Crippen LogP contribution in [0.3, 0.4) is 0 Å². The molecule has 0 aliphatic heterocycles. The van der Waals surface area contributed by atoms with Crippen molar-refractivity contribution in [3.8, 4) is 5.75 Å². The number of carbonyl (C=O) groups is 1. The van der Waals surface area contributed by atoms with Crippen molar-refractivity contribution in [3.63, 3.8) is 0 Å². The van der Waals surface area contributed by atoms with Gasteiger partial charge in [-0.2, -0.15) is 0 Å². The van der Waals surface area contributed by atoms with Crippen molar-refractivity contribution >= 4 is 62.3 Å². The van der Waals surface area contributed by atoms with Crippen LogP contribution in [0.5, 0.6) is 5.75 Å². The third-order valence-corrected chi connectivity index (χ3v) is 5.04. The molecular formula is C21H11Cl3O2. The summed E-state index contributed by atoms with van der Waals surface area (Å²) in [5, 5.41) is 4.66. The molecule has 0 atom stereocenters. The molecule has 0 amide bonds. The minimum atomic E-state index is -0.490. The van der Waals surface area contributed by atoms with Gasteiger partial charge in [0.25, 0.3) is 0 Å². The fourth-order valence-corrected chi connectivity index (χ4v) is 3.54. The van der Waals surface area contributed by atoms with E-state index in [0.29, 0.717) is 31.8 Å². The van der Waals surface area contributed by atoms with Gasteiger partial charge in [-0.1, -0.05) is 59.1 Å². The Hall–Kier alpha value is -2.26. The van der Waals surface area contributed by atoms with Crippen LogP contribution in [0.1, 0.15) is 10.4 Å². The molecule has 0 heterocycles. The number of benzene rings is 4. The molecule has 128 valence electrons. The zero-order valence-corrected chi connectivity index (χ0v) is 15.6. The highest BCUT2D eigenvalue weighted by molar-refractivity contribution is 6.39. The van der Waals surface area contributed by atoms with Gasteiger partial charge in [0.15, 0.2) is 0 Å². The van der Waals surface area contributed by atoms with Crippen molar-refractivity contribution in [2.45, 2.75) is 0 Å². The van der Waals surface area contributed by atoms with Gasteiger partial charge in [0.1, 0.15) is 5.75 Å². The lowest BCUT2D eigenvalue weighted by atomic mass is 10.0. The molecule has 5 heteroatoms. The van der Waals surface area contributed by atoms with Gasteiger partial charge in [-0.05, 0) is 47.9 Å². The molecule has 0 saturated heterocycles. The maximum atomic E-state index is 12.7. The summed E-state index contributed by atoms with van der Waals surface area (Å²) in [6.07, 6.45) is 0. The minimum absolute atomic E-state index is 0.394.